The van der Waals surface area contributed by atoms with Gasteiger partial charge in [-0.3, -0.25) is 9.59 Å². The van der Waals surface area contributed by atoms with Crippen molar-refractivity contribution in [2.24, 2.45) is 5.73 Å². The molecule has 1 heterocycles. The summed E-state index contributed by atoms with van der Waals surface area (Å²) in [6.07, 6.45) is 0.459. The minimum absolute atomic E-state index is 0.202. The number of nitrogens with zero attached hydrogens (tertiary/aromatic N) is 1. The Kier molecular flexibility index (Phi) is 6.03. The van der Waals surface area contributed by atoms with Crippen LogP contribution in [0.2, 0.25) is 0 Å². The number of nitrogens with two attached hydrogens (primary N) is 1. The largest absolute Gasteiger partial charge is 0.490 e. The molecule has 0 aliphatic carbocycles. The Morgan fingerprint density at radius 2 is 1.92 bits per heavy atom. The first-order valence-electron chi connectivity index (χ1n) is 8.19. The molecule has 1 saturated heterocycles. The van der Waals surface area contributed by atoms with Crippen LogP contribution >= 0.6 is 0 Å². The molecule has 1 aliphatic rings. The fourth-order valence-electron chi connectivity index (χ4n) is 2.86. The normalized spacial score (nSPS) is 19.9. The minimum atomic E-state index is -0.542. The first-order chi connectivity index (χ1) is 11.5. The molecular formula is C17H25N3O4. The molecule has 1 aromatic rings. The van der Waals surface area contributed by atoms with Crippen LogP contribution in [-0.4, -0.2) is 55.6 Å². The smallest absolute Gasteiger partial charge is 0.254 e. The van der Waals surface area contributed by atoms with E-state index in [1.807, 2.05) is 13.8 Å². The van der Waals surface area contributed by atoms with Crippen molar-refractivity contribution >= 4 is 11.8 Å². The molecule has 2 atom stereocenters. The summed E-state index contributed by atoms with van der Waals surface area (Å²) in [5.41, 5.74) is 6.40. The van der Waals surface area contributed by atoms with Crippen molar-refractivity contribution in [3.63, 3.8) is 0 Å². The molecule has 0 saturated carbocycles. The van der Waals surface area contributed by atoms with Gasteiger partial charge in [-0.15, -0.1) is 0 Å². The lowest BCUT2D eigenvalue weighted by molar-refractivity contribution is -0.124. The number of benzene rings is 1. The Balaban J connectivity index is 2.27. The number of carbonyl (C=O) groups is 2. The van der Waals surface area contributed by atoms with Crippen molar-refractivity contribution in [2.75, 3.05) is 26.8 Å². The van der Waals surface area contributed by atoms with Crippen molar-refractivity contribution < 1.29 is 19.1 Å². The zero-order valence-corrected chi connectivity index (χ0v) is 14.4. The molecule has 7 nitrogen and oxygen atoms in total. The molecule has 1 aliphatic heterocycles. The van der Waals surface area contributed by atoms with Crippen LogP contribution in [0.5, 0.6) is 11.5 Å². The molecule has 1 fully saturated rings. The summed E-state index contributed by atoms with van der Waals surface area (Å²) in [5, 5.41) is 2.59. The molecule has 2 rings (SSSR count). The van der Waals surface area contributed by atoms with Gasteiger partial charge in [-0.1, -0.05) is 0 Å². The van der Waals surface area contributed by atoms with Gasteiger partial charge in [0.15, 0.2) is 11.5 Å². The average Bonchev–Trinajstić information content (AvgIpc) is 2.97. The molecule has 7 heteroatoms. The fraction of sp³-hybridized carbons (Fsp3) is 0.529. The standard InChI is InChI=1S/C17H25N3O4/c1-4-23-14-7-6-11(8-15(14)24-5-2)17(22)20-10-12(18)9-13(20)16(21)19-3/h6-8,12-13H,4-5,9-10,18H2,1-3H3,(H,19,21)/t12-,13+/m1/s1. The van der Waals surface area contributed by atoms with E-state index in [4.69, 9.17) is 15.2 Å². The lowest BCUT2D eigenvalue weighted by atomic mass is 10.1. The molecule has 0 bridgehead atoms. The molecule has 0 aromatic heterocycles. The van der Waals surface area contributed by atoms with Crippen LogP contribution in [0.4, 0.5) is 0 Å². The van der Waals surface area contributed by atoms with Crippen LogP contribution in [0.1, 0.15) is 30.6 Å². The number of rotatable bonds is 6. The van der Waals surface area contributed by atoms with E-state index in [1.54, 1.807) is 25.2 Å². The summed E-state index contributed by atoms with van der Waals surface area (Å²) in [5.74, 6) is 0.676. The number of carbonyl (C=O) groups excluding carboxylic acids is 2. The van der Waals surface area contributed by atoms with Gasteiger partial charge in [-0.2, -0.15) is 0 Å². The van der Waals surface area contributed by atoms with Crippen LogP contribution in [0.25, 0.3) is 0 Å². The van der Waals surface area contributed by atoms with Crippen molar-refractivity contribution in [3.05, 3.63) is 23.8 Å². The first kappa shape index (κ1) is 18.1. The van der Waals surface area contributed by atoms with E-state index in [0.29, 0.717) is 43.2 Å². The molecule has 0 unspecified atom stereocenters. The zero-order valence-electron chi connectivity index (χ0n) is 14.4. The van der Waals surface area contributed by atoms with Gasteiger partial charge in [0.2, 0.25) is 5.91 Å². The predicted octanol–water partition coefficient (Wildman–Crippen LogP) is 0.772. The van der Waals surface area contributed by atoms with Crippen molar-refractivity contribution in [3.8, 4) is 11.5 Å². The maximum atomic E-state index is 12.8. The highest BCUT2D eigenvalue weighted by atomic mass is 16.5. The molecule has 0 radical (unpaired) electrons. The molecule has 1 aromatic carbocycles. The Hall–Kier alpha value is -2.28. The van der Waals surface area contributed by atoms with E-state index in [-0.39, 0.29) is 17.9 Å². The number of likely N-dealkylation sites (tertiary alicyclic amines) is 1. The molecule has 3 N–H and O–H groups in total. The van der Waals surface area contributed by atoms with Gasteiger partial charge < -0.3 is 25.4 Å². The third-order valence-corrected chi connectivity index (χ3v) is 3.93. The summed E-state index contributed by atoms with van der Waals surface area (Å²) in [6.45, 7) is 5.08. The lowest BCUT2D eigenvalue weighted by Gasteiger charge is -2.23. The number of ether oxygens (including phenoxy) is 2. The third-order valence-electron chi connectivity index (χ3n) is 3.93. The Morgan fingerprint density at radius 1 is 1.25 bits per heavy atom. The van der Waals surface area contributed by atoms with Gasteiger partial charge in [0, 0.05) is 25.2 Å². The summed E-state index contributed by atoms with van der Waals surface area (Å²) in [6, 6.07) is 4.30. The minimum Gasteiger partial charge on any atom is -0.490 e. The number of amides is 2. The molecule has 132 valence electrons. The van der Waals surface area contributed by atoms with E-state index < -0.39 is 6.04 Å². The topological polar surface area (TPSA) is 93.9 Å². The second-order valence-electron chi connectivity index (χ2n) is 5.61. The average molecular weight is 335 g/mol. The Morgan fingerprint density at radius 3 is 2.54 bits per heavy atom. The van der Waals surface area contributed by atoms with Gasteiger partial charge in [0.05, 0.1) is 13.2 Å². The number of hydrogen-bond donors (Lipinski definition) is 2. The van der Waals surface area contributed by atoms with Crippen LogP contribution < -0.4 is 20.5 Å². The molecule has 0 spiro atoms. The predicted molar refractivity (Wildman–Crippen MR) is 90.3 cm³/mol. The van der Waals surface area contributed by atoms with E-state index in [1.165, 1.54) is 4.90 Å². The van der Waals surface area contributed by atoms with Crippen molar-refractivity contribution in [1.82, 2.24) is 10.2 Å². The second kappa shape index (κ2) is 8.01. The van der Waals surface area contributed by atoms with E-state index in [9.17, 15) is 9.59 Å². The summed E-state index contributed by atoms with van der Waals surface area (Å²) in [7, 11) is 1.55. The highest BCUT2D eigenvalue weighted by molar-refractivity contribution is 5.98. The Bertz CT molecular complexity index is 605. The monoisotopic (exact) mass is 335 g/mol. The first-order valence-corrected chi connectivity index (χ1v) is 8.19. The van der Waals surface area contributed by atoms with Gasteiger partial charge >= 0.3 is 0 Å². The second-order valence-corrected chi connectivity index (χ2v) is 5.61. The summed E-state index contributed by atoms with van der Waals surface area (Å²) >= 11 is 0. The van der Waals surface area contributed by atoms with Crippen LogP contribution in [0.3, 0.4) is 0 Å². The van der Waals surface area contributed by atoms with Crippen molar-refractivity contribution in [2.45, 2.75) is 32.4 Å². The van der Waals surface area contributed by atoms with Crippen molar-refractivity contribution in [1.29, 1.82) is 0 Å². The lowest BCUT2D eigenvalue weighted by Crippen LogP contribution is -2.45. The molecular weight excluding hydrogens is 310 g/mol. The highest BCUT2D eigenvalue weighted by Gasteiger charge is 2.38. The summed E-state index contributed by atoms with van der Waals surface area (Å²) < 4.78 is 11.1. The number of nitrogens with one attached hydrogen (secondary N) is 1. The van der Waals surface area contributed by atoms with E-state index in [0.717, 1.165) is 0 Å². The summed E-state index contributed by atoms with van der Waals surface area (Å²) in [4.78, 5) is 26.4. The number of hydrogen-bond acceptors (Lipinski definition) is 5. The zero-order chi connectivity index (χ0) is 17.7. The third kappa shape index (κ3) is 3.79. The van der Waals surface area contributed by atoms with Crippen LogP contribution in [-0.2, 0) is 4.79 Å². The highest BCUT2D eigenvalue weighted by Crippen LogP contribution is 2.30. The van der Waals surface area contributed by atoms with E-state index in [2.05, 4.69) is 5.32 Å². The van der Waals surface area contributed by atoms with Gasteiger partial charge in [0.25, 0.3) is 5.91 Å². The maximum Gasteiger partial charge on any atom is 0.254 e. The van der Waals surface area contributed by atoms with Gasteiger partial charge in [0.1, 0.15) is 6.04 Å². The molecule has 2 amide bonds. The SMILES string of the molecule is CCOc1ccc(C(=O)N2C[C@H](N)C[C@H]2C(=O)NC)cc1OCC. The van der Waals surface area contributed by atoms with Crippen LogP contribution in [0.15, 0.2) is 18.2 Å². The van der Waals surface area contributed by atoms with E-state index >= 15 is 0 Å². The quantitative estimate of drug-likeness (QED) is 0.801. The van der Waals surface area contributed by atoms with Gasteiger partial charge in [-0.05, 0) is 38.5 Å². The maximum absolute atomic E-state index is 12.8. The fourth-order valence-corrected chi connectivity index (χ4v) is 2.86. The number of likely N-dealkylation sites (N-methyl/N-ethyl adjacent to an activating group) is 1. The van der Waals surface area contributed by atoms with Gasteiger partial charge in [-0.25, -0.2) is 0 Å². The van der Waals surface area contributed by atoms with Crippen LogP contribution in [0, 0.1) is 0 Å². The Labute approximate surface area is 142 Å². The molecule has 24 heavy (non-hydrogen) atoms.